The molecule has 0 saturated heterocycles. The molecule has 0 atom stereocenters. The lowest BCUT2D eigenvalue weighted by Crippen LogP contribution is -2.32. The smallest absolute Gasteiger partial charge is 0.303 e. The minimum Gasteiger partial charge on any atom is -0.481 e. The van der Waals surface area contributed by atoms with Crippen LogP contribution in [-0.2, 0) is 9.59 Å². The average Bonchev–Trinajstić information content (AvgIpc) is 2.49. The number of amides is 1. The summed E-state index contributed by atoms with van der Waals surface area (Å²) in [4.78, 5) is 24.8. The Morgan fingerprint density at radius 3 is 1.68 bits per heavy atom. The quantitative estimate of drug-likeness (QED) is 0.449. The van der Waals surface area contributed by atoms with Crippen LogP contribution in [0.2, 0.25) is 0 Å². The maximum absolute atomic E-state index is 12.3. The Kier molecular flexibility index (Phi) is 14.1. The molecule has 0 aliphatic rings. The zero-order valence-electron chi connectivity index (χ0n) is 14.6. The van der Waals surface area contributed by atoms with Gasteiger partial charge in [-0.1, -0.05) is 52.4 Å². The van der Waals surface area contributed by atoms with Gasteiger partial charge in [-0.2, -0.15) is 0 Å². The molecule has 0 aliphatic carbocycles. The van der Waals surface area contributed by atoms with Gasteiger partial charge in [-0.05, 0) is 25.7 Å². The maximum atomic E-state index is 12.3. The summed E-state index contributed by atoms with van der Waals surface area (Å²) < 4.78 is 0. The molecule has 0 radical (unpaired) electrons. The number of carbonyl (C=O) groups excluding carboxylic acids is 1. The van der Waals surface area contributed by atoms with Gasteiger partial charge in [0.15, 0.2) is 0 Å². The first-order chi connectivity index (χ1) is 10.6. The number of hydrogen-bond acceptors (Lipinski definition) is 2. The minimum atomic E-state index is -0.775. The summed E-state index contributed by atoms with van der Waals surface area (Å²) in [7, 11) is 0. The molecule has 0 aromatic rings. The summed E-state index contributed by atoms with van der Waals surface area (Å²) >= 11 is 0. The predicted octanol–water partition coefficient (Wildman–Crippen LogP) is 4.62. The molecule has 4 nitrogen and oxygen atoms in total. The van der Waals surface area contributed by atoms with Crippen LogP contribution in [0.5, 0.6) is 0 Å². The van der Waals surface area contributed by atoms with Crippen LogP contribution in [-0.4, -0.2) is 35.0 Å². The van der Waals surface area contributed by atoms with E-state index in [9.17, 15) is 9.59 Å². The van der Waals surface area contributed by atoms with Crippen LogP contribution in [0.15, 0.2) is 0 Å². The van der Waals surface area contributed by atoms with Gasteiger partial charge in [0.1, 0.15) is 0 Å². The number of carboxylic acid groups (broad SMARTS) is 1. The first kappa shape index (κ1) is 20.9. The number of carboxylic acids is 1. The predicted molar refractivity (Wildman–Crippen MR) is 91.0 cm³/mol. The van der Waals surface area contributed by atoms with Gasteiger partial charge in [0.2, 0.25) is 5.91 Å². The van der Waals surface area contributed by atoms with Crippen molar-refractivity contribution in [2.75, 3.05) is 13.1 Å². The Bertz CT molecular complexity index is 280. The second kappa shape index (κ2) is 14.9. The van der Waals surface area contributed by atoms with Crippen LogP contribution in [0, 0.1) is 0 Å². The van der Waals surface area contributed by atoms with Gasteiger partial charge < -0.3 is 10.0 Å². The van der Waals surface area contributed by atoms with Gasteiger partial charge in [0, 0.05) is 25.9 Å². The van der Waals surface area contributed by atoms with E-state index in [1.807, 2.05) is 4.90 Å². The van der Waals surface area contributed by atoms with Gasteiger partial charge >= 0.3 is 5.97 Å². The third kappa shape index (κ3) is 12.7. The summed E-state index contributed by atoms with van der Waals surface area (Å²) in [6, 6.07) is 0. The second-order valence-electron chi connectivity index (χ2n) is 6.10. The topological polar surface area (TPSA) is 57.6 Å². The van der Waals surface area contributed by atoms with E-state index in [-0.39, 0.29) is 12.3 Å². The monoisotopic (exact) mass is 313 g/mol. The average molecular weight is 313 g/mol. The summed E-state index contributed by atoms with van der Waals surface area (Å²) in [5.74, 6) is -0.568. The molecule has 0 spiro atoms. The zero-order chi connectivity index (χ0) is 16.6. The van der Waals surface area contributed by atoms with E-state index in [0.29, 0.717) is 19.3 Å². The number of aliphatic carboxylic acids is 1. The van der Waals surface area contributed by atoms with E-state index in [0.717, 1.165) is 25.9 Å². The second-order valence-corrected chi connectivity index (χ2v) is 6.10. The largest absolute Gasteiger partial charge is 0.481 e. The Balaban J connectivity index is 4.05. The number of rotatable bonds is 15. The third-order valence-corrected chi connectivity index (χ3v) is 3.95. The minimum absolute atomic E-state index is 0.167. The molecule has 0 aliphatic heterocycles. The highest BCUT2D eigenvalue weighted by Crippen LogP contribution is 2.09. The van der Waals surface area contributed by atoms with Gasteiger partial charge in [-0.25, -0.2) is 0 Å². The molecule has 0 saturated carbocycles. The van der Waals surface area contributed by atoms with Crippen molar-refractivity contribution in [1.29, 1.82) is 0 Å². The Morgan fingerprint density at radius 2 is 1.23 bits per heavy atom. The lowest BCUT2D eigenvalue weighted by molar-refractivity contribution is -0.137. The Labute approximate surface area is 136 Å². The fourth-order valence-electron chi connectivity index (χ4n) is 2.53. The molecule has 0 bridgehead atoms. The third-order valence-electron chi connectivity index (χ3n) is 3.95. The molecule has 4 heteroatoms. The standard InChI is InChI=1S/C18H35NO3/c1-3-5-7-11-15-19(16-12-8-6-4-2)17(20)13-9-10-14-18(21)22/h3-16H2,1-2H3,(H,21,22). The fraction of sp³-hybridized carbons (Fsp3) is 0.889. The van der Waals surface area contributed by atoms with E-state index in [1.54, 1.807) is 0 Å². The van der Waals surface area contributed by atoms with Crippen molar-refractivity contribution < 1.29 is 14.7 Å². The Hall–Kier alpha value is -1.06. The molecule has 0 heterocycles. The molecule has 0 fully saturated rings. The van der Waals surface area contributed by atoms with Crippen LogP contribution in [0.4, 0.5) is 0 Å². The molecule has 130 valence electrons. The van der Waals surface area contributed by atoms with Crippen molar-refractivity contribution in [2.24, 2.45) is 0 Å². The first-order valence-corrected chi connectivity index (χ1v) is 9.11. The van der Waals surface area contributed by atoms with Crippen molar-refractivity contribution in [3.63, 3.8) is 0 Å². The van der Waals surface area contributed by atoms with Crippen LogP contribution in [0.25, 0.3) is 0 Å². The van der Waals surface area contributed by atoms with Crippen molar-refractivity contribution in [3.8, 4) is 0 Å². The van der Waals surface area contributed by atoms with Crippen LogP contribution in [0.1, 0.15) is 90.9 Å². The number of unbranched alkanes of at least 4 members (excludes halogenated alkanes) is 7. The summed E-state index contributed by atoms with van der Waals surface area (Å²) in [5.41, 5.74) is 0. The van der Waals surface area contributed by atoms with Gasteiger partial charge in [-0.15, -0.1) is 0 Å². The molecule has 0 unspecified atom stereocenters. The van der Waals surface area contributed by atoms with E-state index in [4.69, 9.17) is 5.11 Å². The molecule has 0 aromatic carbocycles. The molecule has 1 amide bonds. The molecule has 1 N–H and O–H groups in total. The van der Waals surface area contributed by atoms with E-state index < -0.39 is 5.97 Å². The lowest BCUT2D eigenvalue weighted by atomic mass is 10.1. The molecular formula is C18H35NO3. The van der Waals surface area contributed by atoms with E-state index in [1.165, 1.54) is 38.5 Å². The Morgan fingerprint density at radius 1 is 0.727 bits per heavy atom. The molecule has 22 heavy (non-hydrogen) atoms. The van der Waals surface area contributed by atoms with Gasteiger partial charge in [-0.3, -0.25) is 9.59 Å². The number of hydrogen-bond donors (Lipinski definition) is 1. The van der Waals surface area contributed by atoms with Crippen molar-refractivity contribution in [2.45, 2.75) is 90.9 Å². The maximum Gasteiger partial charge on any atom is 0.303 e. The van der Waals surface area contributed by atoms with Crippen LogP contribution < -0.4 is 0 Å². The number of nitrogens with zero attached hydrogens (tertiary/aromatic N) is 1. The highest BCUT2D eigenvalue weighted by atomic mass is 16.4. The van der Waals surface area contributed by atoms with Crippen molar-refractivity contribution in [3.05, 3.63) is 0 Å². The molecular weight excluding hydrogens is 278 g/mol. The normalized spacial score (nSPS) is 10.6. The van der Waals surface area contributed by atoms with Crippen LogP contribution >= 0.6 is 0 Å². The van der Waals surface area contributed by atoms with E-state index in [2.05, 4.69) is 13.8 Å². The fourth-order valence-corrected chi connectivity index (χ4v) is 2.53. The lowest BCUT2D eigenvalue weighted by Gasteiger charge is -2.23. The highest BCUT2D eigenvalue weighted by molar-refractivity contribution is 5.76. The summed E-state index contributed by atoms with van der Waals surface area (Å²) in [5, 5.41) is 8.63. The van der Waals surface area contributed by atoms with Gasteiger partial charge in [0.25, 0.3) is 0 Å². The zero-order valence-corrected chi connectivity index (χ0v) is 14.6. The van der Waals surface area contributed by atoms with Crippen molar-refractivity contribution in [1.82, 2.24) is 4.90 Å². The van der Waals surface area contributed by atoms with Crippen molar-refractivity contribution >= 4 is 11.9 Å². The highest BCUT2D eigenvalue weighted by Gasteiger charge is 2.12. The summed E-state index contributed by atoms with van der Waals surface area (Å²) in [6.45, 7) is 6.11. The summed E-state index contributed by atoms with van der Waals surface area (Å²) in [6.07, 6.45) is 11.4. The molecule has 0 aromatic heterocycles. The van der Waals surface area contributed by atoms with Crippen LogP contribution in [0.3, 0.4) is 0 Å². The van der Waals surface area contributed by atoms with E-state index >= 15 is 0 Å². The molecule has 0 rings (SSSR count). The number of carbonyl (C=O) groups is 2. The van der Waals surface area contributed by atoms with Gasteiger partial charge in [0.05, 0.1) is 0 Å². The SMILES string of the molecule is CCCCCCN(CCCCCC)C(=O)CCCCC(=O)O. The first-order valence-electron chi connectivity index (χ1n) is 9.11.